The van der Waals surface area contributed by atoms with Gasteiger partial charge in [0.25, 0.3) is 0 Å². The molecule has 0 aliphatic carbocycles. The summed E-state index contributed by atoms with van der Waals surface area (Å²) in [7, 11) is 0. The first-order chi connectivity index (χ1) is 8.83. The maximum atomic E-state index is 5.46. The molecule has 2 aliphatic rings. The number of likely N-dealkylation sites (tertiary alicyclic amines) is 1. The summed E-state index contributed by atoms with van der Waals surface area (Å²) in [5.74, 6) is 1.93. The van der Waals surface area contributed by atoms with E-state index >= 15 is 0 Å². The molecule has 3 heterocycles. The van der Waals surface area contributed by atoms with Crippen LogP contribution in [0.3, 0.4) is 0 Å². The van der Waals surface area contributed by atoms with E-state index < -0.39 is 0 Å². The Hall–Kier alpha value is -0.870. The minimum atomic E-state index is 0.473. The molecule has 0 radical (unpaired) electrons. The quantitative estimate of drug-likeness (QED) is 0.891. The molecule has 1 aromatic rings. The topological polar surface area (TPSA) is 41.3 Å². The highest BCUT2D eigenvalue weighted by Crippen LogP contribution is 2.33. The van der Waals surface area contributed by atoms with Crippen LogP contribution in [0.25, 0.3) is 0 Å². The van der Waals surface area contributed by atoms with Gasteiger partial charge < -0.3 is 9.84 Å². The summed E-state index contributed by atoms with van der Waals surface area (Å²) < 4.78 is 5.46. The number of rotatable bonds is 3. The molecule has 0 amide bonds. The predicted octanol–water partition coefficient (Wildman–Crippen LogP) is 2.12. The average Bonchev–Trinajstić information content (AvgIpc) is 2.99. The highest BCUT2D eigenvalue weighted by molar-refractivity contribution is 5.09. The van der Waals surface area contributed by atoms with E-state index in [4.69, 9.17) is 4.52 Å². The molecule has 18 heavy (non-hydrogen) atoms. The summed E-state index contributed by atoms with van der Waals surface area (Å²) in [6.45, 7) is 6.81. The summed E-state index contributed by atoms with van der Waals surface area (Å²) >= 11 is 0. The lowest BCUT2D eigenvalue weighted by molar-refractivity contribution is 0.169. The van der Waals surface area contributed by atoms with Crippen molar-refractivity contribution in [1.29, 1.82) is 0 Å². The van der Waals surface area contributed by atoms with E-state index in [-0.39, 0.29) is 0 Å². The first kappa shape index (κ1) is 12.2. The zero-order valence-electron chi connectivity index (χ0n) is 11.2. The Balaban J connectivity index is 1.63. The lowest BCUT2D eigenvalue weighted by atomic mass is 9.97. The highest BCUT2D eigenvalue weighted by Gasteiger charge is 2.30. The van der Waals surface area contributed by atoms with Crippen molar-refractivity contribution < 1.29 is 4.52 Å². The summed E-state index contributed by atoms with van der Waals surface area (Å²) in [4.78, 5) is 2.61. The SMILES string of the molecule is Cc1cc(C2CCCN2CC2CCNCC2)on1. The van der Waals surface area contributed by atoms with Crippen LogP contribution in [0, 0.1) is 12.8 Å². The second-order valence-corrected chi connectivity index (χ2v) is 5.72. The van der Waals surface area contributed by atoms with E-state index in [0.29, 0.717) is 6.04 Å². The van der Waals surface area contributed by atoms with Crippen molar-refractivity contribution in [3.8, 4) is 0 Å². The van der Waals surface area contributed by atoms with E-state index in [1.807, 2.05) is 6.92 Å². The number of aromatic nitrogens is 1. The minimum absolute atomic E-state index is 0.473. The minimum Gasteiger partial charge on any atom is -0.359 e. The number of hydrogen-bond donors (Lipinski definition) is 1. The molecule has 1 atom stereocenters. The third kappa shape index (κ3) is 2.59. The van der Waals surface area contributed by atoms with Crippen LogP contribution >= 0.6 is 0 Å². The van der Waals surface area contributed by atoms with Crippen LogP contribution in [0.15, 0.2) is 10.6 Å². The summed E-state index contributed by atoms with van der Waals surface area (Å²) in [5, 5.41) is 7.47. The predicted molar refractivity (Wildman–Crippen MR) is 70.4 cm³/mol. The van der Waals surface area contributed by atoms with E-state index in [2.05, 4.69) is 21.4 Å². The third-order valence-electron chi connectivity index (χ3n) is 4.29. The van der Waals surface area contributed by atoms with Crippen LogP contribution in [-0.4, -0.2) is 36.2 Å². The van der Waals surface area contributed by atoms with Gasteiger partial charge in [-0.3, -0.25) is 4.90 Å². The third-order valence-corrected chi connectivity index (χ3v) is 4.29. The molecular formula is C14H23N3O. The van der Waals surface area contributed by atoms with E-state index in [1.165, 1.54) is 51.9 Å². The molecule has 3 rings (SSSR count). The fraction of sp³-hybridized carbons (Fsp3) is 0.786. The summed E-state index contributed by atoms with van der Waals surface area (Å²) in [5.41, 5.74) is 0.999. The highest BCUT2D eigenvalue weighted by atomic mass is 16.5. The van der Waals surface area contributed by atoms with Crippen molar-refractivity contribution in [3.05, 3.63) is 17.5 Å². The van der Waals surface area contributed by atoms with Gasteiger partial charge >= 0.3 is 0 Å². The van der Waals surface area contributed by atoms with E-state index in [1.54, 1.807) is 0 Å². The average molecular weight is 249 g/mol. The van der Waals surface area contributed by atoms with E-state index in [0.717, 1.165) is 17.4 Å². The van der Waals surface area contributed by atoms with Crippen molar-refractivity contribution in [3.63, 3.8) is 0 Å². The summed E-state index contributed by atoms with van der Waals surface area (Å²) in [6.07, 6.45) is 5.15. The Morgan fingerprint density at radius 1 is 1.39 bits per heavy atom. The van der Waals surface area contributed by atoms with Crippen LogP contribution < -0.4 is 5.32 Å². The van der Waals surface area contributed by atoms with Crippen molar-refractivity contribution in [2.75, 3.05) is 26.2 Å². The maximum Gasteiger partial charge on any atom is 0.154 e. The van der Waals surface area contributed by atoms with Crippen molar-refractivity contribution in [2.45, 2.75) is 38.6 Å². The van der Waals surface area contributed by atoms with Gasteiger partial charge in [0.15, 0.2) is 5.76 Å². The first-order valence-corrected chi connectivity index (χ1v) is 7.21. The molecule has 4 heteroatoms. The molecule has 0 aromatic carbocycles. The van der Waals surface area contributed by atoms with Gasteiger partial charge in [-0.2, -0.15) is 0 Å². The van der Waals surface area contributed by atoms with Crippen LogP contribution in [0.2, 0.25) is 0 Å². The summed E-state index contributed by atoms with van der Waals surface area (Å²) in [6, 6.07) is 2.58. The van der Waals surface area contributed by atoms with Gasteiger partial charge in [0.1, 0.15) is 0 Å². The first-order valence-electron chi connectivity index (χ1n) is 7.21. The fourth-order valence-electron chi connectivity index (χ4n) is 3.30. The molecule has 1 aromatic heterocycles. The largest absolute Gasteiger partial charge is 0.359 e. The molecule has 0 bridgehead atoms. The van der Waals surface area contributed by atoms with Crippen molar-refractivity contribution in [1.82, 2.24) is 15.4 Å². The Bertz CT molecular complexity index is 384. The van der Waals surface area contributed by atoms with Crippen LogP contribution in [0.4, 0.5) is 0 Å². The number of aryl methyl sites for hydroxylation is 1. The van der Waals surface area contributed by atoms with Gasteiger partial charge in [0.05, 0.1) is 11.7 Å². The Morgan fingerprint density at radius 3 is 2.94 bits per heavy atom. The Labute approximate surface area is 109 Å². The smallest absolute Gasteiger partial charge is 0.154 e. The lowest BCUT2D eigenvalue weighted by Crippen LogP contribution is -2.35. The molecule has 0 spiro atoms. The monoisotopic (exact) mass is 249 g/mol. The van der Waals surface area contributed by atoms with Gasteiger partial charge in [-0.1, -0.05) is 5.16 Å². The van der Waals surface area contributed by atoms with Gasteiger partial charge in [0, 0.05) is 12.6 Å². The van der Waals surface area contributed by atoms with Crippen molar-refractivity contribution >= 4 is 0 Å². The number of piperidine rings is 1. The zero-order valence-corrected chi connectivity index (χ0v) is 11.2. The fourth-order valence-corrected chi connectivity index (χ4v) is 3.30. The number of nitrogens with one attached hydrogen (secondary N) is 1. The van der Waals surface area contributed by atoms with Gasteiger partial charge in [-0.15, -0.1) is 0 Å². The molecule has 100 valence electrons. The zero-order chi connectivity index (χ0) is 12.4. The van der Waals surface area contributed by atoms with Crippen LogP contribution in [0.1, 0.15) is 43.2 Å². The molecule has 2 fully saturated rings. The standard InChI is InChI=1S/C14H23N3O/c1-11-9-14(18-16-11)13-3-2-8-17(13)10-12-4-6-15-7-5-12/h9,12-13,15H,2-8,10H2,1H3. The molecule has 1 unspecified atom stereocenters. The van der Waals surface area contributed by atoms with Gasteiger partial charge in [-0.05, 0) is 58.2 Å². The van der Waals surface area contributed by atoms with Gasteiger partial charge in [-0.25, -0.2) is 0 Å². The van der Waals surface area contributed by atoms with E-state index in [9.17, 15) is 0 Å². The second kappa shape index (κ2) is 5.41. The normalized spacial score (nSPS) is 26.8. The molecule has 1 N–H and O–H groups in total. The number of hydrogen-bond acceptors (Lipinski definition) is 4. The molecule has 0 saturated carbocycles. The number of nitrogens with zero attached hydrogens (tertiary/aromatic N) is 2. The molecular weight excluding hydrogens is 226 g/mol. The molecule has 2 saturated heterocycles. The molecule has 4 nitrogen and oxygen atoms in total. The van der Waals surface area contributed by atoms with Crippen molar-refractivity contribution in [2.24, 2.45) is 5.92 Å². The Morgan fingerprint density at radius 2 is 2.22 bits per heavy atom. The molecule has 2 aliphatic heterocycles. The van der Waals surface area contributed by atoms with Gasteiger partial charge in [0.2, 0.25) is 0 Å². The second-order valence-electron chi connectivity index (χ2n) is 5.72. The van der Waals surface area contributed by atoms with Crippen LogP contribution in [-0.2, 0) is 0 Å². The lowest BCUT2D eigenvalue weighted by Gasteiger charge is -2.30. The van der Waals surface area contributed by atoms with Crippen LogP contribution in [0.5, 0.6) is 0 Å². The Kier molecular flexibility index (Phi) is 3.66. The maximum absolute atomic E-state index is 5.46.